The third-order valence-corrected chi connectivity index (χ3v) is 7.27. The number of hydrogen-bond donors (Lipinski definition) is 1. The van der Waals surface area contributed by atoms with E-state index in [9.17, 15) is 4.79 Å². The number of hydrogen-bond acceptors (Lipinski definition) is 6. The molecular formula is C22H26N4OS2. The fourth-order valence-corrected chi connectivity index (χ4v) is 5.35. The molecule has 0 saturated carbocycles. The fourth-order valence-electron chi connectivity index (χ4n) is 3.47. The van der Waals surface area contributed by atoms with Gasteiger partial charge in [-0.05, 0) is 30.8 Å². The van der Waals surface area contributed by atoms with Gasteiger partial charge in [0.05, 0.1) is 16.0 Å². The lowest BCUT2D eigenvalue weighted by molar-refractivity contribution is -0.118. The normalized spacial score (nSPS) is 15.0. The van der Waals surface area contributed by atoms with Gasteiger partial charge in [-0.25, -0.2) is 4.98 Å². The Labute approximate surface area is 180 Å². The van der Waals surface area contributed by atoms with Crippen molar-refractivity contribution in [2.75, 3.05) is 43.9 Å². The monoisotopic (exact) mass is 426 g/mol. The Balaban J connectivity index is 1.26. The van der Waals surface area contributed by atoms with Crippen LogP contribution >= 0.6 is 23.1 Å². The van der Waals surface area contributed by atoms with Gasteiger partial charge >= 0.3 is 0 Å². The van der Waals surface area contributed by atoms with Crippen molar-refractivity contribution in [3.8, 4) is 0 Å². The van der Waals surface area contributed by atoms with Gasteiger partial charge in [0.15, 0.2) is 0 Å². The predicted octanol–water partition coefficient (Wildman–Crippen LogP) is 3.60. The van der Waals surface area contributed by atoms with Gasteiger partial charge in [-0.1, -0.05) is 30.3 Å². The molecule has 2 heterocycles. The molecule has 5 nitrogen and oxygen atoms in total. The van der Waals surface area contributed by atoms with Crippen LogP contribution in [0.1, 0.15) is 10.6 Å². The number of thioether (sulfide) groups is 1. The summed E-state index contributed by atoms with van der Waals surface area (Å²) in [7, 11) is 2.16. The number of likely N-dealkylation sites (N-methyl/N-ethyl adjacent to an activating group) is 1. The summed E-state index contributed by atoms with van der Waals surface area (Å²) < 4.78 is 1.20. The van der Waals surface area contributed by atoms with E-state index in [2.05, 4.69) is 51.4 Å². The third kappa shape index (κ3) is 5.29. The molecule has 1 aliphatic rings. The number of piperazine rings is 1. The molecule has 1 saturated heterocycles. The average molecular weight is 427 g/mol. The van der Waals surface area contributed by atoms with E-state index in [4.69, 9.17) is 0 Å². The molecule has 1 fully saturated rings. The summed E-state index contributed by atoms with van der Waals surface area (Å²) in [5, 5.41) is 4.16. The second-order valence-corrected chi connectivity index (χ2v) is 9.36. The lowest BCUT2D eigenvalue weighted by Crippen LogP contribution is -2.45. The first-order valence-electron chi connectivity index (χ1n) is 9.89. The van der Waals surface area contributed by atoms with Crippen molar-refractivity contribution < 1.29 is 4.79 Å². The zero-order valence-corrected chi connectivity index (χ0v) is 18.3. The first kappa shape index (κ1) is 20.2. The van der Waals surface area contributed by atoms with E-state index in [1.54, 1.807) is 23.1 Å². The number of carbonyl (C=O) groups excluding carboxylic acids is 1. The number of fused-ring (bicyclic) bond motifs is 1. The maximum absolute atomic E-state index is 12.3. The number of nitrogens with one attached hydrogen (secondary N) is 1. The van der Waals surface area contributed by atoms with Crippen LogP contribution in [0.4, 0.5) is 5.69 Å². The molecule has 0 spiro atoms. The van der Waals surface area contributed by atoms with Gasteiger partial charge in [0.2, 0.25) is 5.91 Å². The van der Waals surface area contributed by atoms with Gasteiger partial charge < -0.3 is 15.1 Å². The average Bonchev–Trinajstić information content (AvgIpc) is 3.16. The number of anilines is 1. The zero-order chi connectivity index (χ0) is 20.1. The number of nitrogens with zero attached hydrogens (tertiary/aromatic N) is 3. The first-order valence-corrected chi connectivity index (χ1v) is 11.9. The van der Waals surface area contributed by atoms with Crippen molar-refractivity contribution in [2.45, 2.75) is 12.3 Å². The minimum Gasteiger partial charge on any atom is -0.369 e. The van der Waals surface area contributed by atoms with Crippen LogP contribution < -0.4 is 10.2 Å². The molecule has 152 valence electrons. The standard InChI is InChI=1S/C22H26N4OS2/c1-25-10-12-26(13-11-25)19-8-4-2-6-17(19)14-23-21(27)15-28-16-22-24-18-7-3-5-9-20(18)29-22/h2-9H,10-16H2,1H3,(H,23,27). The molecule has 0 radical (unpaired) electrons. The molecule has 0 aliphatic carbocycles. The predicted molar refractivity (Wildman–Crippen MR) is 124 cm³/mol. The Kier molecular flexibility index (Phi) is 6.69. The maximum atomic E-state index is 12.3. The Hall–Kier alpha value is -2.09. The summed E-state index contributed by atoms with van der Waals surface area (Å²) >= 11 is 3.32. The largest absolute Gasteiger partial charge is 0.369 e. The van der Waals surface area contributed by atoms with E-state index < -0.39 is 0 Å². The lowest BCUT2D eigenvalue weighted by atomic mass is 10.1. The SMILES string of the molecule is CN1CCN(c2ccccc2CNC(=O)CSCc2nc3ccccc3s2)CC1. The highest BCUT2D eigenvalue weighted by Crippen LogP contribution is 2.25. The highest BCUT2D eigenvalue weighted by Gasteiger charge is 2.17. The minimum absolute atomic E-state index is 0.0734. The molecule has 29 heavy (non-hydrogen) atoms. The summed E-state index contributed by atoms with van der Waals surface area (Å²) in [5.74, 6) is 1.29. The second kappa shape index (κ2) is 9.61. The number of amides is 1. The molecule has 1 aliphatic heterocycles. The molecule has 4 rings (SSSR count). The number of carbonyl (C=O) groups is 1. The third-order valence-electron chi connectivity index (χ3n) is 5.11. The fraction of sp³-hybridized carbons (Fsp3) is 0.364. The van der Waals surface area contributed by atoms with Crippen molar-refractivity contribution in [1.82, 2.24) is 15.2 Å². The summed E-state index contributed by atoms with van der Waals surface area (Å²) in [6, 6.07) is 16.6. The smallest absolute Gasteiger partial charge is 0.230 e. The van der Waals surface area contributed by atoms with Gasteiger partial charge in [0.1, 0.15) is 5.01 Å². The van der Waals surface area contributed by atoms with Crippen LogP contribution in [0.15, 0.2) is 48.5 Å². The van der Waals surface area contributed by atoms with Crippen molar-refractivity contribution in [3.05, 3.63) is 59.1 Å². The molecule has 1 N–H and O–H groups in total. The maximum Gasteiger partial charge on any atom is 0.230 e. The molecule has 0 bridgehead atoms. The van der Waals surface area contributed by atoms with Gasteiger partial charge in [0.25, 0.3) is 0 Å². The Morgan fingerprint density at radius 3 is 2.69 bits per heavy atom. The topological polar surface area (TPSA) is 48.5 Å². The second-order valence-electron chi connectivity index (χ2n) is 7.26. The highest BCUT2D eigenvalue weighted by atomic mass is 32.2. The molecule has 2 aromatic carbocycles. The van der Waals surface area contributed by atoms with Gasteiger partial charge in [-0.3, -0.25) is 4.79 Å². The molecule has 3 aromatic rings. The molecule has 0 unspecified atom stereocenters. The summed E-state index contributed by atoms with van der Waals surface area (Å²) in [6.07, 6.45) is 0. The van der Waals surface area contributed by atoms with Crippen molar-refractivity contribution in [1.29, 1.82) is 0 Å². The van der Waals surface area contributed by atoms with E-state index >= 15 is 0 Å². The minimum atomic E-state index is 0.0734. The molecular weight excluding hydrogens is 400 g/mol. The van der Waals surface area contributed by atoms with Crippen molar-refractivity contribution >= 4 is 44.9 Å². The summed E-state index contributed by atoms with van der Waals surface area (Å²) in [5.41, 5.74) is 3.46. The van der Waals surface area contributed by atoms with Gasteiger partial charge in [-0.15, -0.1) is 23.1 Å². The number of rotatable bonds is 7. The molecule has 7 heteroatoms. The van der Waals surface area contributed by atoms with E-state index in [1.165, 1.54) is 16.0 Å². The molecule has 1 aromatic heterocycles. The van der Waals surface area contributed by atoms with Gasteiger partial charge in [0, 0.05) is 44.2 Å². The lowest BCUT2D eigenvalue weighted by Gasteiger charge is -2.35. The highest BCUT2D eigenvalue weighted by molar-refractivity contribution is 7.99. The van der Waals surface area contributed by atoms with Gasteiger partial charge in [-0.2, -0.15) is 0 Å². The summed E-state index contributed by atoms with van der Waals surface area (Å²) in [6.45, 7) is 4.77. The zero-order valence-electron chi connectivity index (χ0n) is 16.6. The first-order chi connectivity index (χ1) is 14.2. The van der Waals surface area contributed by atoms with E-state index in [0.29, 0.717) is 12.3 Å². The number of aromatic nitrogens is 1. The van der Waals surface area contributed by atoms with Crippen LogP contribution in [0.2, 0.25) is 0 Å². The number of para-hydroxylation sites is 2. The Bertz CT molecular complexity index is 933. The van der Waals surface area contributed by atoms with Crippen LogP contribution in [0, 0.1) is 0 Å². The van der Waals surface area contributed by atoms with E-state index in [-0.39, 0.29) is 5.91 Å². The van der Waals surface area contributed by atoms with Crippen LogP contribution in [0.3, 0.4) is 0 Å². The summed E-state index contributed by atoms with van der Waals surface area (Å²) in [4.78, 5) is 21.7. The van der Waals surface area contributed by atoms with Crippen LogP contribution in [-0.4, -0.2) is 54.8 Å². The van der Waals surface area contributed by atoms with Crippen LogP contribution in [-0.2, 0) is 17.1 Å². The van der Waals surface area contributed by atoms with E-state index in [1.807, 2.05) is 24.3 Å². The van der Waals surface area contributed by atoms with Crippen LogP contribution in [0.5, 0.6) is 0 Å². The Morgan fingerprint density at radius 2 is 1.86 bits per heavy atom. The van der Waals surface area contributed by atoms with Crippen molar-refractivity contribution in [3.63, 3.8) is 0 Å². The van der Waals surface area contributed by atoms with Crippen LogP contribution in [0.25, 0.3) is 10.2 Å². The van der Waals surface area contributed by atoms with E-state index in [0.717, 1.165) is 42.5 Å². The Morgan fingerprint density at radius 1 is 1.10 bits per heavy atom. The number of thiazole rings is 1. The molecule has 0 atom stereocenters. The van der Waals surface area contributed by atoms with Crippen molar-refractivity contribution in [2.24, 2.45) is 0 Å². The molecule has 1 amide bonds. The number of benzene rings is 2. The quantitative estimate of drug-likeness (QED) is 0.626.